The van der Waals surface area contributed by atoms with E-state index in [0.717, 1.165) is 22.3 Å². The van der Waals surface area contributed by atoms with E-state index in [1.807, 2.05) is 36.4 Å². The van der Waals surface area contributed by atoms with Gasteiger partial charge in [0.2, 0.25) is 0 Å². The molecule has 5 heteroatoms. The molecule has 3 nitrogen and oxygen atoms in total. The number of halogens is 2. The molecule has 0 aliphatic carbocycles. The van der Waals surface area contributed by atoms with Crippen LogP contribution >= 0.6 is 27.5 Å². The molecule has 2 aromatic rings. The highest BCUT2D eigenvalue weighted by molar-refractivity contribution is 9.10. The van der Waals surface area contributed by atoms with Gasteiger partial charge in [-0.25, -0.2) is 0 Å². The summed E-state index contributed by atoms with van der Waals surface area (Å²) in [5.74, 6) is 0.683. The van der Waals surface area contributed by atoms with Gasteiger partial charge in [-0.3, -0.25) is 0 Å². The Labute approximate surface area is 132 Å². The van der Waals surface area contributed by atoms with Crippen LogP contribution in [-0.2, 0) is 0 Å². The van der Waals surface area contributed by atoms with Gasteiger partial charge in [0.1, 0.15) is 5.75 Å². The van der Waals surface area contributed by atoms with Crippen LogP contribution in [0.5, 0.6) is 5.75 Å². The maximum absolute atomic E-state index is 6.17. The first kappa shape index (κ1) is 15.0. The van der Waals surface area contributed by atoms with Gasteiger partial charge in [-0.2, -0.15) is 0 Å². The molecule has 106 valence electrons. The Morgan fingerprint density at radius 1 is 1.25 bits per heavy atom. The number of hydrogen-bond acceptors (Lipinski definition) is 3. The zero-order chi connectivity index (χ0) is 14.5. The van der Waals surface area contributed by atoms with Gasteiger partial charge in [0.25, 0.3) is 0 Å². The molecule has 0 saturated carbocycles. The molecular formula is C15H16BrClN2O. The molecule has 0 spiro atoms. The molecule has 0 amide bonds. The lowest BCUT2D eigenvalue weighted by Crippen LogP contribution is -2.02. The first-order valence-corrected chi connectivity index (χ1v) is 7.52. The molecule has 0 aliphatic heterocycles. The second-order valence-corrected chi connectivity index (χ2v) is 5.64. The van der Waals surface area contributed by atoms with E-state index in [1.165, 1.54) is 0 Å². The van der Waals surface area contributed by atoms with Gasteiger partial charge in [-0.05, 0) is 36.8 Å². The normalized spacial score (nSPS) is 10.3. The molecule has 0 unspecified atom stereocenters. The van der Waals surface area contributed by atoms with Crippen LogP contribution in [0.1, 0.15) is 13.3 Å². The lowest BCUT2D eigenvalue weighted by atomic mass is 10.2. The average molecular weight is 356 g/mol. The maximum atomic E-state index is 6.17. The number of nitrogens with two attached hydrogens (primary N) is 1. The van der Waals surface area contributed by atoms with Crippen LogP contribution in [0.25, 0.3) is 0 Å². The van der Waals surface area contributed by atoms with Crippen LogP contribution in [0.15, 0.2) is 40.9 Å². The third-order valence-corrected chi connectivity index (χ3v) is 3.55. The molecule has 3 N–H and O–H groups in total. The molecule has 2 rings (SSSR count). The number of nitrogens with one attached hydrogen (secondary N) is 1. The van der Waals surface area contributed by atoms with E-state index in [9.17, 15) is 0 Å². The molecule has 2 aromatic carbocycles. The summed E-state index contributed by atoms with van der Waals surface area (Å²) in [6, 6.07) is 11.3. The Hall–Kier alpha value is -1.39. The number of ether oxygens (including phenoxy) is 1. The molecule has 0 radical (unpaired) electrons. The molecule has 0 heterocycles. The fraction of sp³-hybridized carbons (Fsp3) is 0.200. The maximum Gasteiger partial charge on any atom is 0.144 e. The van der Waals surface area contributed by atoms with Gasteiger partial charge in [0, 0.05) is 4.47 Å². The van der Waals surface area contributed by atoms with Gasteiger partial charge in [0.05, 0.1) is 28.7 Å². The summed E-state index contributed by atoms with van der Waals surface area (Å²) >= 11 is 9.59. The molecule has 0 saturated heterocycles. The minimum atomic E-state index is 0.581. The Kier molecular flexibility index (Phi) is 5.15. The van der Waals surface area contributed by atoms with E-state index in [4.69, 9.17) is 22.1 Å². The van der Waals surface area contributed by atoms with E-state index in [1.54, 1.807) is 0 Å². The average Bonchev–Trinajstić information content (AvgIpc) is 2.44. The standard InChI is InChI=1S/C15H16BrClN2O/c1-2-8-20-14-5-3-4-12(15(14)18)19-13-9-10(16)6-7-11(13)17/h3-7,9,19H,2,8,18H2,1H3. The van der Waals surface area contributed by atoms with Crippen molar-refractivity contribution in [2.24, 2.45) is 0 Å². The van der Waals surface area contributed by atoms with E-state index >= 15 is 0 Å². The minimum Gasteiger partial charge on any atom is -0.491 e. The number of para-hydroxylation sites is 1. The third-order valence-electron chi connectivity index (χ3n) is 2.73. The minimum absolute atomic E-state index is 0.581. The number of anilines is 3. The van der Waals surface area contributed by atoms with Crippen LogP contribution in [-0.4, -0.2) is 6.61 Å². The monoisotopic (exact) mass is 354 g/mol. The molecule has 0 atom stereocenters. The van der Waals surface area contributed by atoms with Gasteiger partial charge >= 0.3 is 0 Å². The molecule has 0 fully saturated rings. The summed E-state index contributed by atoms with van der Waals surface area (Å²) in [5, 5.41) is 3.86. The molecule has 0 bridgehead atoms. The van der Waals surface area contributed by atoms with E-state index < -0.39 is 0 Å². The van der Waals surface area contributed by atoms with Crippen LogP contribution in [0, 0.1) is 0 Å². The van der Waals surface area contributed by atoms with Crippen molar-refractivity contribution in [1.29, 1.82) is 0 Å². The number of nitrogen functional groups attached to an aromatic ring is 1. The summed E-state index contributed by atoms with van der Waals surface area (Å²) in [4.78, 5) is 0. The van der Waals surface area contributed by atoms with Gasteiger partial charge < -0.3 is 15.8 Å². The fourth-order valence-corrected chi connectivity index (χ4v) is 2.26. The first-order valence-electron chi connectivity index (χ1n) is 6.35. The molecule has 20 heavy (non-hydrogen) atoms. The smallest absolute Gasteiger partial charge is 0.144 e. The predicted molar refractivity (Wildman–Crippen MR) is 89.1 cm³/mol. The summed E-state index contributed by atoms with van der Waals surface area (Å²) in [6.45, 7) is 2.70. The highest BCUT2D eigenvalue weighted by Crippen LogP contribution is 2.34. The second kappa shape index (κ2) is 6.86. The Morgan fingerprint density at radius 2 is 2.05 bits per heavy atom. The van der Waals surface area contributed by atoms with Gasteiger partial charge in [-0.1, -0.05) is 40.5 Å². The molecular weight excluding hydrogens is 340 g/mol. The van der Waals surface area contributed by atoms with Crippen LogP contribution in [0.2, 0.25) is 5.02 Å². The molecule has 0 aliphatic rings. The lowest BCUT2D eigenvalue weighted by molar-refractivity contribution is 0.319. The van der Waals surface area contributed by atoms with Crippen LogP contribution in [0.4, 0.5) is 17.1 Å². The van der Waals surface area contributed by atoms with Crippen molar-refractivity contribution in [2.45, 2.75) is 13.3 Å². The first-order chi connectivity index (χ1) is 9.61. The van der Waals surface area contributed by atoms with Crippen molar-refractivity contribution in [2.75, 3.05) is 17.7 Å². The topological polar surface area (TPSA) is 47.3 Å². The van der Waals surface area contributed by atoms with Crippen LogP contribution in [0.3, 0.4) is 0 Å². The Bertz CT molecular complexity index is 604. The van der Waals surface area contributed by atoms with Gasteiger partial charge in [0.15, 0.2) is 0 Å². The number of benzene rings is 2. The Balaban J connectivity index is 2.27. The molecule has 0 aromatic heterocycles. The zero-order valence-corrected chi connectivity index (χ0v) is 13.5. The summed E-state index contributed by atoms with van der Waals surface area (Å²) in [6.07, 6.45) is 0.939. The van der Waals surface area contributed by atoms with Crippen molar-refractivity contribution < 1.29 is 4.74 Å². The van der Waals surface area contributed by atoms with Gasteiger partial charge in [-0.15, -0.1) is 0 Å². The van der Waals surface area contributed by atoms with Crippen molar-refractivity contribution >= 4 is 44.6 Å². The van der Waals surface area contributed by atoms with Crippen molar-refractivity contribution in [3.8, 4) is 5.75 Å². The Morgan fingerprint density at radius 3 is 2.80 bits per heavy atom. The lowest BCUT2D eigenvalue weighted by Gasteiger charge is -2.14. The van der Waals surface area contributed by atoms with E-state index in [-0.39, 0.29) is 0 Å². The summed E-state index contributed by atoms with van der Waals surface area (Å²) in [7, 11) is 0. The quantitative estimate of drug-likeness (QED) is 0.723. The predicted octanol–water partition coefficient (Wildman–Crippen LogP) is 5.22. The number of hydrogen-bond donors (Lipinski definition) is 2. The summed E-state index contributed by atoms with van der Waals surface area (Å²) < 4.78 is 6.56. The van der Waals surface area contributed by atoms with Crippen molar-refractivity contribution in [1.82, 2.24) is 0 Å². The fourth-order valence-electron chi connectivity index (χ4n) is 1.73. The van der Waals surface area contributed by atoms with E-state index in [2.05, 4.69) is 28.2 Å². The number of rotatable bonds is 5. The summed E-state index contributed by atoms with van der Waals surface area (Å²) in [5.41, 5.74) is 8.27. The highest BCUT2D eigenvalue weighted by atomic mass is 79.9. The van der Waals surface area contributed by atoms with Crippen LogP contribution < -0.4 is 15.8 Å². The SMILES string of the molecule is CCCOc1cccc(Nc2cc(Br)ccc2Cl)c1N. The third kappa shape index (κ3) is 3.58. The zero-order valence-electron chi connectivity index (χ0n) is 11.1. The second-order valence-electron chi connectivity index (χ2n) is 4.32. The largest absolute Gasteiger partial charge is 0.491 e. The van der Waals surface area contributed by atoms with Crippen molar-refractivity contribution in [3.63, 3.8) is 0 Å². The van der Waals surface area contributed by atoms with E-state index in [0.29, 0.717) is 23.1 Å². The highest BCUT2D eigenvalue weighted by Gasteiger charge is 2.08. The van der Waals surface area contributed by atoms with Crippen molar-refractivity contribution in [3.05, 3.63) is 45.9 Å².